The molecular formula is C23H28ClNO4. The lowest BCUT2D eigenvalue weighted by atomic mass is 9.67. The summed E-state index contributed by atoms with van der Waals surface area (Å²) in [5.41, 5.74) is 2.63. The van der Waals surface area contributed by atoms with Crippen molar-refractivity contribution < 1.29 is 19.1 Å². The first-order chi connectivity index (χ1) is 13.7. The molecule has 1 aliphatic carbocycles. The number of allylic oxidation sites excluding steroid dienone is 2. The Morgan fingerprint density at radius 2 is 1.97 bits per heavy atom. The molecule has 2 atom stereocenters. The summed E-state index contributed by atoms with van der Waals surface area (Å²) in [5.74, 6) is -1.54. The van der Waals surface area contributed by atoms with E-state index in [0.29, 0.717) is 42.4 Å². The average molecular weight is 418 g/mol. The molecule has 0 spiro atoms. The number of hydrogen-bond donors (Lipinski definition) is 0. The molecule has 1 aromatic carbocycles. The Morgan fingerprint density at radius 1 is 1.24 bits per heavy atom. The van der Waals surface area contributed by atoms with Gasteiger partial charge in [0.15, 0.2) is 5.78 Å². The maximum atomic E-state index is 13.2. The van der Waals surface area contributed by atoms with Crippen LogP contribution in [0.4, 0.5) is 0 Å². The molecule has 2 aliphatic rings. The molecule has 0 radical (unpaired) electrons. The number of nitrogens with zero attached hydrogens (tertiary/aromatic N) is 1. The average Bonchev–Trinajstić information content (AvgIpc) is 2.63. The molecule has 29 heavy (non-hydrogen) atoms. The Kier molecular flexibility index (Phi) is 6.59. The van der Waals surface area contributed by atoms with E-state index in [4.69, 9.17) is 26.1 Å². The smallest absolute Gasteiger partial charge is 0.315 e. The first-order valence-electron chi connectivity index (χ1n) is 10.1. The van der Waals surface area contributed by atoms with Crippen LogP contribution >= 0.6 is 11.6 Å². The van der Waals surface area contributed by atoms with E-state index in [1.54, 1.807) is 6.07 Å². The van der Waals surface area contributed by atoms with E-state index in [1.807, 2.05) is 32.0 Å². The number of esters is 1. The molecule has 0 fully saturated rings. The zero-order valence-electron chi connectivity index (χ0n) is 17.5. The van der Waals surface area contributed by atoms with Gasteiger partial charge in [-0.1, -0.05) is 43.6 Å². The first-order valence-corrected chi connectivity index (χ1v) is 10.4. The minimum atomic E-state index is -0.680. The number of ketones is 1. The van der Waals surface area contributed by atoms with Crippen molar-refractivity contribution in [1.29, 1.82) is 0 Å². The quantitative estimate of drug-likeness (QED) is 0.495. The van der Waals surface area contributed by atoms with Crippen molar-refractivity contribution in [3.63, 3.8) is 0 Å². The Balaban J connectivity index is 2.04. The van der Waals surface area contributed by atoms with Gasteiger partial charge in [-0.3, -0.25) is 14.6 Å². The molecule has 0 saturated carbocycles. The van der Waals surface area contributed by atoms with Crippen molar-refractivity contribution in [2.24, 2.45) is 16.3 Å². The molecule has 1 aromatic rings. The van der Waals surface area contributed by atoms with Crippen LogP contribution < -0.4 is 0 Å². The SMILES string of the molecule is CCOCCOC(=O)C1C(C)=NC2=C(C(=O)CC(C)(C)C2)[C@@H]1c1ccccc1Cl. The van der Waals surface area contributed by atoms with Gasteiger partial charge in [-0.25, -0.2) is 0 Å². The molecule has 0 bridgehead atoms. The third-order valence-corrected chi connectivity index (χ3v) is 5.82. The van der Waals surface area contributed by atoms with E-state index >= 15 is 0 Å². The topological polar surface area (TPSA) is 65.0 Å². The monoisotopic (exact) mass is 417 g/mol. The molecule has 0 aromatic heterocycles. The lowest BCUT2D eigenvalue weighted by Gasteiger charge is -2.39. The van der Waals surface area contributed by atoms with Crippen molar-refractivity contribution in [3.8, 4) is 0 Å². The van der Waals surface area contributed by atoms with Crippen LogP contribution in [0, 0.1) is 11.3 Å². The van der Waals surface area contributed by atoms with Crippen LogP contribution in [0.1, 0.15) is 52.0 Å². The minimum Gasteiger partial charge on any atom is -0.463 e. The highest BCUT2D eigenvalue weighted by molar-refractivity contribution is 6.31. The molecular weight excluding hydrogens is 390 g/mol. The fraction of sp³-hybridized carbons (Fsp3) is 0.522. The van der Waals surface area contributed by atoms with E-state index in [9.17, 15) is 9.59 Å². The third-order valence-electron chi connectivity index (χ3n) is 5.47. The second-order valence-corrected chi connectivity index (χ2v) is 8.80. The summed E-state index contributed by atoms with van der Waals surface area (Å²) < 4.78 is 10.7. The van der Waals surface area contributed by atoms with Gasteiger partial charge >= 0.3 is 5.97 Å². The fourth-order valence-corrected chi connectivity index (χ4v) is 4.50. The van der Waals surface area contributed by atoms with Gasteiger partial charge in [0.1, 0.15) is 12.5 Å². The van der Waals surface area contributed by atoms with Crippen LogP contribution in [-0.4, -0.2) is 37.3 Å². The van der Waals surface area contributed by atoms with Crippen molar-refractivity contribution in [3.05, 3.63) is 46.1 Å². The van der Waals surface area contributed by atoms with Crippen molar-refractivity contribution in [2.45, 2.75) is 46.5 Å². The maximum Gasteiger partial charge on any atom is 0.315 e. The van der Waals surface area contributed by atoms with E-state index < -0.39 is 17.8 Å². The van der Waals surface area contributed by atoms with Crippen LogP contribution in [-0.2, 0) is 19.1 Å². The van der Waals surface area contributed by atoms with Crippen LogP contribution in [0.25, 0.3) is 0 Å². The number of hydrogen-bond acceptors (Lipinski definition) is 5. The van der Waals surface area contributed by atoms with Gasteiger partial charge in [-0.05, 0) is 37.3 Å². The fourth-order valence-electron chi connectivity index (χ4n) is 4.25. The van der Waals surface area contributed by atoms with Gasteiger partial charge in [0.2, 0.25) is 0 Å². The summed E-state index contributed by atoms with van der Waals surface area (Å²) in [5, 5.41) is 0.531. The molecule has 1 aliphatic heterocycles. The van der Waals surface area contributed by atoms with E-state index in [0.717, 1.165) is 11.3 Å². The van der Waals surface area contributed by atoms with Gasteiger partial charge < -0.3 is 9.47 Å². The lowest BCUT2D eigenvalue weighted by Crippen LogP contribution is -2.39. The van der Waals surface area contributed by atoms with Gasteiger partial charge in [-0.15, -0.1) is 0 Å². The number of rotatable bonds is 6. The highest BCUT2D eigenvalue weighted by Gasteiger charge is 2.46. The number of carbonyl (C=O) groups is 2. The van der Waals surface area contributed by atoms with Gasteiger partial charge in [0.25, 0.3) is 0 Å². The summed E-state index contributed by atoms with van der Waals surface area (Å²) in [6, 6.07) is 7.38. The van der Waals surface area contributed by atoms with E-state index in [-0.39, 0.29) is 17.8 Å². The molecule has 156 valence electrons. The van der Waals surface area contributed by atoms with Crippen molar-refractivity contribution >= 4 is 29.1 Å². The van der Waals surface area contributed by atoms with Crippen LogP contribution in [0.5, 0.6) is 0 Å². The zero-order valence-corrected chi connectivity index (χ0v) is 18.2. The number of Topliss-reactive ketones (excluding diaryl/α,β-unsaturated/α-hetero) is 1. The number of benzene rings is 1. The van der Waals surface area contributed by atoms with Crippen LogP contribution in [0.15, 0.2) is 40.5 Å². The maximum absolute atomic E-state index is 13.2. The lowest BCUT2D eigenvalue weighted by molar-refractivity contribution is -0.148. The number of ether oxygens (including phenoxy) is 2. The molecule has 1 unspecified atom stereocenters. The normalized spacial score (nSPS) is 23.5. The van der Waals surface area contributed by atoms with Gasteiger partial charge in [0.05, 0.1) is 6.61 Å². The molecule has 6 heteroatoms. The van der Waals surface area contributed by atoms with Gasteiger partial charge in [0, 0.05) is 41.0 Å². The zero-order chi connectivity index (χ0) is 21.2. The summed E-state index contributed by atoms with van der Waals surface area (Å²) in [6.07, 6.45) is 1.12. The second kappa shape index (κ2) is 8.80. The van der Waals surface area contributed by atoms with E-state index in [1.165, 1.54) is 0 Å². The second-order valence-electron chi connectivity index (χ2n) is 8.40. The Labute approximate surface area is 177 Å². The van der Waals surface area contributed by atoms with Crippen LogP contribution in [0.3, 0.4) is 0 Å². The predicted molar refractivity (Wildman–Crippen MR) is 113 cm³/mol. The summed E-state index contributed by atoms with van der Waals surface area (Å²) in [6.45, 7) is 8.91. The molecule has 1 heterocycles. The molecule has 5 nitrogen and oxygen atoms in total. The molecule has 0 saturated heterocycles. The number of halogens is 1. The minimum absolute atomic E-state index is 0.0320. The molecule has 3 rings (SSSR count). The Bertz CT molecular complexity index is 871. The van der Waals surface area contributed by atoms with Crippen molar-refractivity contribution in [2.75, 3.05) is 19.8 Å². The Hall–Kier alpha value is -1.98. The van der Waals surface area contributed by atoms with Gasteiger partial charge in [-0.2, -0.15) is 0 Å². The largest absolute Gasteiger partial charge is 0.463 e. The van der Waals surface area contributed by atoms with Crippen LogP contribution in [0.2, 0.25) is 5.02 Å². The highest BCUT2D eigenvalue weighted by atomic mass is 35.5. The third kappa shape index (κ3) is 4.62. The Morgan fingerprint density at radius 3 is 2.66 bits per heavy atom. The highest BCUT2D eigenvalue weighted by Crippen LogP contribution is 2.49. The first kappa shape index (κ1) is 21.7. The van der Waals surface area contributed by atoms with Crippen molar-refractivity contribution in [1.82, 2.24) is 0 Å². The number of carbonyl (C=O) groups excluding carboxylic acids is 2. The summed E-state index contributed by atoms with van der Waals surface area (Å²) >= 11 is 6.51. The number of aliphatic imine (C=N–C) groups is 1. The summed E-state index contributed by atoms with van der Waals surface area (Å²) in [4.78, 5) is 30.9. The predicted octanol–water partition coefficient (Wildman–Crippen LogP) is 4.74. The standard InChI is InChI=1S/C23H28ClNO4/c1-5-28-10-11-29-22(27)19-14(2)25-17-12-23(3,4)13-18(26)21(17)20(19)15-8-6-7-9-16(15)24/h6-9,19-20H,5,10-13H2,1-4H3/t19?,20-/m1/s1. The molecule has 0 N–H and O–H groups in total. The van der Waals surface area contributed by atoms with E-state index in [2.05, 4.69) is 13.8 Å². The molecule has 0 amide bonds. The summed E-state index contributed by atoms with van der Waals surface area (Å²) in [7, 11) is 0.